The average molecular weight is 248 g/mol. The highest BCUT2D eigenvalue weighted by atomic mass is 19.1. The van der Waals surface area contributed by atoms with Gasteiger partial charge in [0.1, 0.15) is 17.7 Å². The highest BCUT2D eigenvalue weighted by Crippen LogP contribution is 2.29. The van der Waals surface area contributed by atoms with Gasteiger partial charge in [0, 0.05) is 18.4 Å². The maximum atomic E-state index is 12.9. The first-order chi connectivity index (χ1) is 8.56. The van der Waals surface area contributed by atoms with Crippen LogP contribution in [0.4, 0.5) is 4.39 Å². The summed E-state index contributed by atoms with van der Waals surface area (Å²) in [6.45, 7) is 1.48. The van der Waals surface area contributed by atoms with Crippen molar-refractivity contribution in [2.45, 2.75) is 25.4 Å². The second kappa shape index (κ2) is 5.12. The van der Waals surface area contributed by atoms with Crippen LogP contribution in [0, 0.1) is 5.82 Å². The van der Waals surface area contributed by atoms with Gasteiger partial charge in [-0.05, 0) is 30.7 Å². The number of halogens is 1. The van der Waals surface area contributed by atoms with Crippen molar-refractivity contribution in [3.63, 3.8) is 0 Å². The van der Waals surface area contributed by atoms with E-state index < -0.39 is 12.1 Å². The molecule has 0 bridgehead atoms. The fraction of sp³-hybridized carbons (Fsp3) is 0.286. The van der Waals surface area contributed by atoms with Gasteiger partial charge in [-0.3, -0.25) is 0 Å². The third-order valence-electron chi connectivity index (χ3n) is 2.88. The molecule has 0 amide bonds. The van der Waals surface area contributed by atoms with E-state index in [1.54, 1.807) is 18.2 Å². The fourth-order valence-corrected chi connectivity index (χ4v) is 2.05. The van der Waals surface area contributed by atoms with Gasteiger partial charge in [0.2, 0.25) is 0 Å². The van der Waals surface area contributed by atoms with E-state index in [-0.39, 0.29) is 23.9 Å². The van der Waals surface area contributed by atoms with Crippen LogP contribution in [0.15, 0.2) is 36.4 Å². The molecule has 0 N–H and O–H groups in total. The zero-order valence-electron chi connectivity index (χ0n) is 9.93. The average Bonchev–Trinajstić information content (AvgIpc) is 2.74. The smallest absolute Gasteiger partial charge is 0.331 e. The number of rotatable bonds is 4. The molecule has 2 rings (SSSR count). The largest absolute Gasteiger partial charge is 0.454 e. The predicted octanol–water partition coefficient (Wildman–Crippen LogP) is 2.37. The van der Waals surface area contributed by atoms with Crippen LogP contribution in [0.3, 0.4) is 0 Å². The Bertz CT molecular complexity index is 490. The lowest BCUT2D eigenvalue weighted by atomic mass is 9.89. The van der Waals surface area contributed by atoms with Gasteiger partial charge in [0.05, 0.1) is 0 Å². The van der Waals surface area contributed by atoms with E-state index in [1.807, 2.05) is 0 Å². The standard InChI is InChI=1S/C14H13FO3/c1-9(16)8-12(13-6-7-14(17)18-13)10-2-4-11(15)5-3-10/h2-7,12-13H,8H2,1H3/t12-,13-/m0/s1. The van der Waals surface area contributed by atoms with E-state index in [9.17, 15) is 14.0 Å². The van der Waals surface area contributed by atoms with Crippen LogP contribution >= 0.6 is 0 Å². The molecule has 1 aromatic rings. The maximum Gasteiger partial charge on any atom is 0.331 e. The molecule has 2 atom stereocenters. The molecule has 18 heavy (non-hydrogen) atoms. The molecule has 94 valence electrons. The minimum atomic E-state index is -0.452. The predicted molar refractivity (Wildman–Crippen MR) is 63.5 cm³/mol. The van der Waals surface area contributed by atoms with E-state index in [0.29, 0.717) is 0 Å². The van der Waals surface area contributed by atoms with E-state index >= 15 is 0 Å². The molecule has 0 fully saturated rings. The minimum absolute atomic E-state index is 0.000624. The summed E-state index contributed by atoms with van der Waals surface area (Å²) < 4.78 is 18.0. The molecule has 0 saturated carbocycles. The third kappa shape index (κ3) is 2.83. The van der Waals surface area contributed by atoms with Crippen molar-refractivity contribution in [3.8, 4) is 0 Å². The lowest BCUT2D eigenvalue weighted by molar-refractivity contribution is -0.140. The fourth-order valence-electron chi connectivity index (χ4n) is 2.05. The zero-order valence-corrected chi connectivity index (χ0v) is 9.93. The van der Waals surface area contributed by atoms with Gasteiger partial charge in [0.25, 0.3) is 0 Å². The van der Waals surface area contributed by atoms with Crippen molar-refractivity contribution in [1.29, 1.82) is 0 Å². The normalized spacial score (nSPS) is 19.7. The van der Waals surface area contributed by atoms with Gasteiger partial charge in [0.15, 0.2) is 0 Å². The molecule has 1 aromatic carbocycles. The Labute approximate surface area is 104 Å². The molecular formula is C14H13FO3. The number of benzene rings is 1. The first kappa shape index (κ1) is 12.5. The number of hydrogen-bond acceptors (Lipinski definition) is 3. The summed E-state index contributed by atoms with van der Waals surface area (Å²) in [5, 5.41) is 0. The second-order valence-corrected chi connectivity index (χ2v) is 4.32. The van der Waals surface area contributed by atoms with E-state index in [4.69, 9.17) is 4.74 Å². The summed E-state index contributed by atoms with van der Waals surface area (Å²) in [5.74, 6) is -0.999. The number of hydrogen-bond donors (Lipinski definition) is 0. The maximum absolute atomic E-state index is 12.9. The molecule has 3 nitrogen and oxygen atoms in total. The van der Waals surface area contributed by atoms with Gasteiger partial charge in [-0.2, -0.15) is 0 Å². The topological polar surface area (TPSA) is 43.4 Å². The molecule has 0 aliphatic carbocycles. The Hall–Kier alpha value is -1.97. The Balaban J connectivity index is 2.24. The molecule has 0 saturated heterocycles. The van der Waals surface area contributed by atoms with Crippen LogP contribution < -0.4 is 0 Å². The van der Waals surface area contributed by atoms with Crippen LogP contribution in [-0.2, 0) is 14.3 Å². The monoisotopic (exact) mass is 248 g/mol. The molecule has 0 unspecified atom stereocenters. The molecule has 1 aliphatic heterocycles. The Morgan fingerprint density at radius 2 is 2.06 bits per heavy atom. The molecule has 0 aromatic heterocycles. The number of ether oxygens (including phenoxy) is 1. The van der Waals surface area contributed by atoms with Gasteiger partial charge >= 0.3 is 5.97 Å². The molecule has 1 aliphatic rings. The first-order valence-electron chi connectivity index (χ1n) is 5.70. The number of Topliss-reactive ketones (excluding diaryl/α,β-unsaturated/α-hetero) is 1. The van der Waals surface area contributed by atoms with Crippen molar-refractivity contribution in [1.82, 2.24) is 0 Å². The van der Waals surface area contributed by atoms with Gasteiger partial charge in [-0.15, -0.1) is 0 Å². The van der Waals surface area contributed by atoms with Crippen molar-refractivity contribution in [2.24, 2.45) is 0 Å². The number of cyclic esters (lactones) is 1. The highest BCUT2D eigenvalue weighted by Gasteiger charge is 2.28. The molecule has 4 heteroatoms. The Morgan fingerprint density at radius 3 is 2.56 bits per heavy atom. The van der Waals surface area contributed by atoms with Gasteiger partial charge < -0.3 is 9.53 Å². The number of ketones is 1. The van der Waals surface area contributed by atoms with Crippen molar-refractivity contribution in [2.75, 3.05) is 0 Å². The number of esters is 1. The Kier molecular flexibility index (Phi) is 3.55. The summed E-state index contributed by atoms with van der Waals surface area (Å²) in [7, 11) is 0. The van der Waals surface area contributed by atoms with Crippen molar-refractivity contribution >= 4 is 11.8 Å². The van der Waals surface area contributed by atoms with Crippen LogP contribution in [0.1, 0.15) is 24.8 Å². The lowest BCUT2D eigenvalue weighted by Gasteiger charge is -2.21. The summed E-state index contributed by atoms with van der Waals surface area (Å²) in [6, 6.07) is 5.90. The highest BCUT2D eigenvalue weighted by molar-refractivity contribution is 5.85. The van der Waals surface area contributed by atoms with E-state index in [2.05, 4.69) is 0 Å². The Morgan fingerprint density at radius 1 is 1.39 bits per heavy atom. The van der Waals surface area contributed by atoms with Crippen molar-refractivity contribution < 1.29 is 18.7 Å². The SMILES string of the molecule is CC(=O)C[C@@H](c1ccc(F)cc1)[C@@H]1C=CC(=O)O1. The van der Waals surface area contributed by atoms with Crippen LogP contribution in [0.2, 0.25) is 0 Å². The first-order valence-corrected chi connectivity index (χ1v) is 5.70. The van der Waals surface area contributed by atoms with E-state index in [1.165, 1.54) is 25.1 Å². The van der Waals surface area contributed by atoms with Crippen LogP contribution in [0.5, 0.6) is 0 Å². The summed E-state index contributed by atoms with van der Waals surface area (Å²) in [6.07, 6.45) is 2.79. The lowest BCUT2D eigenvalue weighted by Crippen LogP contribution is -2.21. The molecular weight excluding hydrogens is 235 g/mol. The minimum Gasteiger partial charge on any atom is -0.454 e. The number of carbonyl (C=O) groups excluding carboxylic acids is 2. The summed E-state index contributed by atoms with van der Waals surface area (Å²) >= 11 is 0. The quantitative estimate of drug-likeness (QED) is 0.768. The van der Waals surface area contributed by atoms with Crippen LogP contribution in [-0.4, -0.2) is 17.9 Å². The van der Waals surface area contributed by atoms with E-state index in [0.717, 1.165) is 5.56 Å². The number of carbonyl (C=O) groups is 2. The zero-order chi connectivity index (χ0) is 13.1. The summed E-state index contributed by atoms with van der Waals surface area (Å²) in [4.78, 5) is 22.4. The summed E-state index contributed by atoms with van der Waals surface area (Å²) in [5.41, 5.74) is 0.788. The molecule has 0 radical (unpaired) electrons. The van der Waals surface area contributed by atoms with Gasteiger partial charge in [-0.1, -0.05) is 12.1 Å². The third-order valence-corrected chi connectivity index (χ3v) is 2.88. The van der Waals surface area contributed by atoms with Gasteiger partial charge in [-0.25, -0.2) is 9.18 Å². The molecule has 0 spiro atoms. The van der Waals surface area contributed by atoms with Crippen molar-refractivity contribution in [3.05, 3.63) is 47.8 Å². The molecule has 1 heterocycles. The second-order valence-electron chi connectivity index (χ2n) is 4.32. The van der Waals surface area contributed by atoms with Crippen LogP contribution in [0.25, 0.3) is 0 Å².